The maximum absolute atomic E-state index is 12.1. The van der Waals surface area contributed by atoms with Gasteiger partial charge < -0.3 is 18.9 Å². The lowest BCUT2D eigenvalue weighted by Gasteiger charge is -2.12. The average molecular weight is 463 g/mol. The molecule has 3 rings (SSSR count). The summed E-state index contributed by atoms with van der Waals surface area (Å²) < 4.78 is 22.0. The number of hydrogen-bond donors (Lipinski definition) is 0. The first-order chi connectivity index (χ1) is 16.6. The zero-order valence-electron chi connectivity index (χ0n) is 20.3. The van der Waals surface area contributed by atoms with E-state index in [1.54, 1.807) is 13.2 Å². The van der Waals surface area contributed by atoms with E-state index in [-0.39, 0.29) is 6.61 Å². The third kappa shape index (κ3) is 7.35. The first-order valence-corrected chi connectivity index (χ1v) is 11.9. The molecule has 3 aromatic rings. The van der Waals surface area contributed by atoms with Crippen LogP contribution in [0.25, 0.3) is 22.3 Å². The van der Waals surface area contributed by atoms with E-state index in [0.29, 0.717) is 18.1 Å². The van der Waals surface area contributed by atoms with Crippen molar-refractivity contribution in [2.45, 2.75) is 39.5 Å². The van der Waals surface area contributed by atoms with Crippen LogP contribution in [0.5, 0.6) is 17.2 Å². The second-order valence-electron chi connectivity index (χ2n) is 8.05. The fourth-order valence-corrected chi connectivity index (χ4v) is 3.44. The molecule has 0 unspecified atom stereocenters. The summed E-state index contributed by atoms with van der Waals surface area (Å²) in [5.41, 5.74) is 4.23. The molecule has 0 N–H and O–H groups in total. The van der Waals surface area contributed by atoms with E-state index in [0.717, 1.165) is 60.3 Å². The van der Waals surface area contributed by atoms with Crippen molar-refractivity contribution in [3.05, 3.63) is 66.7 Å². The molecule has 0 aliphatic heterocycles. The van der Waals surface area contributed by atoms with Gasteiger partial charge in [0, 0.05) is 6.61 Å². The van der Waals surface area contributed by atoms with Crippen molar-refractivity contribution in [2.24, 2.45) is 0 Å². The van der Waals surface area contributed by atoms with E-state index in [9.17, 15) is 4.79 Å². The fourth-order valence-electron chi connectivity index (χ4n) is 3.44. The van der Waals surface area contributed by atoms with Crippen LogP contribution >= 0.6 is 0 Å². The minimum Gasteiger partial charge on any atom is -0.494 e. The number of unbranched alkanes of at least 4 members (excludes halogenated alkanes) is 2. The highest BCUT2D eigenvalue weighted by atomic mass is 16.6. The number of carbonyl (C=O) groups is 1. The molecule has 0 aliphatic rings. The molecular formula is C29H34O5. The molecule has 0 atom stereocenters. The van der Waals surface area contributed by atoms with Crippen LogP contribution in [0.2, 0.25) is 0 Å². The second-order valence-corrected chi connectivity index (χ2v) is 8.05. The molecule has 0 radical (unpaired) electrons. The third-order valence-electron chi connectivity index (χ3n) is 5.40. The SMILES string of the molecule is CCCCOCC(=O)Oc1ccc(-c2cccc(-c3ccc(OCCCC)cc3)c2)cc1OC. The van der Waals surface area contributed by atoms with Crippen molar-refractivity contribution < 1.29 is 23.7 Å². The number of benzene rings is 3. The second kappa shape index (κ2) is 13.4. The summed E-state index contributed by atoms with van der Waals surface area (Å²) in [6, 6.07) is 22.0. The lowest BCUT2D eigenvalue weighted by Crippen LogP contribution is -2.16. The highest BCUT2D eigenvalue weighted by molar-refractivity contribution is 5.77. The van der Waals surface area contributed by atoms with Gasteiger partial charge in [0.1, 0.15) is 12.4 Å². The van der Waals surface area contributed by atoms with Gasteiger partial charge in [0.15, 0.2) is 11.5 Å². The molecule has 3 aromatic carbocycles. The van der Waals surface area contributed by atoms with Gasteiger partial charge in [-0.15, -0.1) is 0 Å². The van der Waals surface area contributed by atoms with E-state index < -0.39 is 5.97 Å². The summed E-state index contributed by atoms with van der Waals surface area (Å²) in [5.74, 6) is 1.33. The van der Waals surface area contributed by atoms with E-state index >= 15 is 0 Å². The maximum Gasteiger partial charge on any atom is 0.337 e. The monoisotopic (exact) mass is 462 g/mol. The normalized spacial score (nSPS) is 10.7. The highest BCUT2D eigenvalue weighted by Crippen LogP contribution is 2.34. The van der Waals surface area contributed by atoms with Crippen molar-refractivity contribution in [1.29, 1.82) is 0 Å². The van der Waals surface area contributed by atoms with Gasteiger partial charge in [-0.3, -0.25) is 0 Å². The lowest BCUT2D eigenvalue weighted by molar-refractivity contribution is -0.139. The predicted molar refractivity (Wildman–Crippen MR) is 136 cm³/mol. The molecule has 0 amide bonds. The van der Waals surface area contributed by atoms with Crippen LogP contribution in [0.4, 0.5) is 0 Å². The zero-order valence-corrected chi connectivity index (χ0v) is 20.3. The molecule has 0 fully saturated rings. The number of ether oxygens (including phenoxy) is 4. The molecular weight excluding hydrogens is 428 g/mol. The van der Waals surface area contributed by atoms with Gasteiger partial charge >= 0.3 is 5.97 Å². The number of esters is 1. The summed E-state index contributed by atoms with van der Waals surface area (Å²) in [6.07, 6.45) is 4.11. The standard InChI is InChI=1S/C29H34O5/c1-4-6-17-32-21-29(30)34-27-16-13-25(20-28(27)31-3)24-10-8-9-23(19-24)22-11-14-26(15-12-22)33-18-7-5-2/h8-16,19-20H,4-7,17-18,21H2,1-3H3. The smallest absolute Gasteiger partial charge is 0.337 e. The Morgan fingerprint density at radius 1 is 0.735 bits per heavy atom. The van der Waals surface area contributed by atoms with Crippen LogP contribution < -0.4 is 14.2 Å². The summed E-state index contributed by atoms with van der Waals surface area (Å²) in [6.45, 7) is 5.44. The number of hydrogen-bond acceptors (Lipinski definition) is 5. The molecule has 0 aromatic heterocycles. The van der Waals surface area contributed by atoms with Crippen molar-refractivity contribution >= 4 is 5.97 Å². The summed E-state index contributed by atoms with van der Waals surface area (Å²) in [7, 11) is 1.56. The Labute approximate surface area is 202 Å². The van der Waals surface area contributed by atoms with E-state index in [1.807, 2.05) is 36.4 Å². The maximum atomic E-state index is 12.1. The van der Waals surface area contributed by atoms with E-state index in [4.69, 9.17) is 18.9 Å². The Balaban J connectivity index is 1.71. The average Bonchev–Trinajstić information content (AvgIpc) is 2.87. The Hall–Kier alpha value is -3.31. The predicted octanol–water partition coefficient (Wildman–Crippen LogP) is 6.93. The van der Waals surface area contributed by atoms with E-state index in [2.05, 4.69) is 38.1 Å². The van der Waals surface area contributed by atoms with Crippen molar-refractivity contribution in [2.75, 3.05) is 26.9 Å². The van der Waals surface area contributed by atoms with Gasteiger partial charge in [0.05, 0.1) is 13.7 Å². The molecule has 0 spiro atoms. The van der Waals surface area contributed by atoms with Crippen LogP contribution in [-0.4, -0.2) is 32.9 Å². The molecule has 0 saturated carbocycles. The number of carbonyl (C=O) groups excluding carboxylic acids is 1. The topological polar surface area (TPSA) is 54.0 Å². The van der Waals surface area contributed by atoms with Crippen molar-refractivity contribution in [3.63, 3.8) is 0 Å². The zero-order chi connectivity index (χ0) is 24.2. The van der Waals surface area contributed by atoms with Crippen molar-refractivity contribution in [3.8, 4) is 39.5 Å². The van der Waals surface area contributed by atoms with E-state index in [1.165, 1.54) is 0 Å². The Kier molecular flexibility index (Phi) is 9.98. The van der Waals surface area contributed by atoms with Crippen LogP contribution in [0, 0.1) is 0 Å². The van der Waals surface area contributed by atoms with Crippen LogP contribution in [0.1, 0.15) is 39.5 Å². The molecule has 5 heteroatoms. The minimum atomic E-state index is -0.439. The lowest BCUT2D eigenvalue weighted by atomic mass is 9.99. The molecule has 34 heavy (non-hydrogen) atoms. The van der Waals surface area contributed by atoms with Gasteiger partial charge in [0.2, 0.25) is 0 Å². The quantitative estimate of drug-likeness (QED) is 0.157. The Bertz CT molecular complexity index is 1040. The molecule has 0 saturated heterocycles. The summed E-state index contributed by atoms with van der Waals surface area (Å²) in [5, 5.41) is 0. The number of methoxy groups -OCH3 is 1. The van der Waals surface area contributed by atoms with Gasteiger partial charge in [-0.05, 0) is 65.4 Å². The van der Waals surface area contributed by atoms with Crippen molar-refractivity contribution in [1.82, 2.24) is 0 Å². The van der Waals surface area contributed by atoms with Gasteiger partial charge in [0.25, 0.3) is 0 Å². The molecule has 5 nitrogen and oxygen atoms in total. The van der Waals surface area contributed by atoms with Gasteiger partial charge in [-0.1, -0.05) is 63.1 Å². The van der Waals surface area contributed by atoms with Crippen LogP contribution in [0.3, 0.4) is 0 Å². The molecule has 0 aliphatic carbocycles. The minimum absolute atomic E-state index is 0.0740. The fraction of sp³-hybridized carbons (Fsp3) is 0.345. The molecule has 0 heterocycles. The third-order valence-corrected chi connectivity index (χ3v) is 5.40. The van der Waals surface area contributed by atoms with Gasteiger partial charge in [-0.2, -0.15) is 0 Å². The number of rotatable bonds is 13. The highest BCUT2D eigenvalue weighted by Gasteiger charge is 2.12. The molecule has 0 bridgehead atoms. The van der Waals surface area contributed by atoms with Gasteiger partial charge in [-0.25, -0.2) is 4.79 Å². The first-order valence-electron chi connectivity index (χ1n) is 11.9. The first kappa shape index (κ1) is 25.3. The molecule has 180 valence electrons. The largest absolute Gasteiger partial charge is 0.494 e. The summed E-state index contributed by atoms with van der Waals surface area (Å²) in [4.78, 5) is 12.1. The van der Waals surface area contributed by atoms with Crippen LogP contribution in [0.15, 0.2) is 66.7 Å². The Morgan fingerprint density at radius 3 is 2.09 bits per heavy atom. The Morgan fingerprint density at radius 2 is 1.38 bits per heavy atom. The van der Waals surface area contributed by atoms with Crippen LogP contribution in [-0.2, 0) is 9.53 Å². The summed E-state index contributed by atoms with van der Waals surface area (Å²) >= 11 is 0.